The number of fused-ring (bicyclic) bond motifs is 2. The number of hydrogen-bond acceptors (Lipinski definition) is 4. The summed E-state index contributed by atoms with van der Waals surface area (Å²) in [6.07, 6.45) is 0. The van der Waals surface area contributed by atoms with Gasteiger partial charge in [0.2, 0.25) is 0 Å². The Bertz CT molecular complexity index is 2890. The lowest BCUT2D eigenvalue weighted by molar-refractivity contribution is 0.0649. The third-order valence-corrected chi connectivity index (χ3v) is 11.6. The van der Waals surface area contributed by atoms with E-state index in [1.54, 1.807) is 6.07 Å². The second-order valence-corrected chi connectivity index (χ2v) is 15.1. The molecule has 256 valence electrons. The number of anilines is 1. The first kappa shape index (κ1) is 31.3. The highest BCUT2D eigenvalue weighted by Crippen LogP contribution is 2.48. The first-order valence-corrected chi connectivity index (χ1v) is 18.1. The number of nitrogens with zero attached hydrogens (tertiary/aromatic N) is 2. The molecule has 0 bridgehead atoms. The second-order valence-electron chi connectivity index (χ2n) is 15.1. The van der Waals surface area contributed by atoms with Crippen molar-refractivity contribution in [2.24, 2.45) is 0 Å². The molecule has 0 radical (unpaired) electrons. The summed E-state index contributed by atoms with van der Waals surface area (Å²) >= 11 is 0. The molecule has 0 aliphatic carbocycles. The topological polar surface area (TPSA) is 74.8 Å². The van der Waals surface area contributed by atoms with Crippen LogP contribution in [0.25, 0.3) is 65.0 Å². The molecule has 0 saturated carbocycles. The minimum Gasteiger partial charge on any atom is -0.277 e. The van der Waals surface area contributed by atoms with E-state index in [1.807, 2.05) is 72.8 Å². The van der Waals surface area contributed by atoms with Gasteiger partial charge in [-0.3, -0.25) is 24.1 Å². The van der Waals surface area contributed by atoms with Gasteiger partial charge in [-0.25, -0.2) is 4.90 Å². The van der Waals surface area contributed by atoms with Crippen molar-refractivity contribution in [1.82, 2.24) is 4.90 Å². The third-order valence-electron chi connectivity index (χ3n) is 11.6. The van der Waals surface area contributed by atoms with Gasteiger partial charge in [0.05, 0.1) is 5.69 Å². The lowest BCUT2D eigenvalue weighted by Crippen LogP contribution is -2.41. The lowest BCUT2D eigenvalue weighted by Gasteiger charge is -2.32. The summed E-state index contributed by atoms with van der Waals surface area (Å²) in [5.41, 5.74) is 6.69. The SMILES string of the molecule is CC(C)c1cccc(C(C)C)c1N1C(=O)c2ccc3c4cccc5c(-c6ccc7c8c(cccc68)C(=O)N(C)C7=O)ccc(c6ccc(c2c36)C1=O)c54. The van der Waals surface area contributed by atoms with E-state index in [-0.39, 0.29) is 35.5 Å². The van der Waals surface area contributed by atoms with Gasteiger partial charge in [0.15, 0.2) is 0 Å². The van der Waals surface area contributed by atoms with E-state index in [2.05, 4.69) is 52.0 Å². The molecule has 4 amide bonds. The maximum Gasteiger partial charge on any atom is 0.266 e. The van der Waals surface area contributed by atoms with Crippen LogP contribution >= 0.6 is 0 Å². The minimum atomic E-state index is -0.302. The van der Waals surface area contributed by atoms with Crippen LogP contribution in [0.1, 0.15) is 92.1 Å². The summed E-state index contributed by atoms with van der Waals surface area (Å²) in [6.45, 7) is 8.38. The van der Waals surface area contributed by atoms with Gasteiger partial charge in [0.25, 0.3) is 23.6 Å². The summed E-state index contributed by atoms with van der Waals surface area (Å²) in [5, 5.41) is 9.28. The Morgan fingerprint density at radius 2 is 0.774 bits per heavy atom. The van der Waals surface area contributed by atoms with Crippen molar-refractivity contribution in [2.45, 2.75) is 39.5 Å². The van der Waals surface area contributed by atoms with Gasteiger partial charge in [-0.05, 0) is 101 Å². The fourth-order valence-corrected chi connectivity index (χ4v) is 9.15. The van der Waals surface area contributed by atoms with Crippen LogP contribution in [0.2, 0.25) is 0 Å². The van der Waals surface area contributed by atoms with Gasteiger partial charge >= 0.3 is 0 Å². The van der Waals surface area contributed by atoms with Crippen LogP contribution in [-0.4, -0.2) is 35.6 Å². The summed E-state index contributed by atoms with van der Waals surface area (Å²) in [7, 11) is 1.52. The number of amides is 4. The molecule has 8 aromatic rings. The third kappa shape index (κ3) is 3.98. The predicted octanol–water partition coefficient (Wildman–Crippen LogP) is 10.8. The average molecular weight is 691 g/mol. The maximum absolute atomic E-state index is 14.6. The van der Waals surface area contributed by atoms with E-state index < -0.39 is 0 Å². The van der Waals surface area contributed by atoms with E-state index >= 15 is 0 Å². The lowest BCUT2D eigenvalue weighted by atomic mass is 9.82. The van der Waals surface area contributed by atoms with Crippen LogP contribution < -0.4 is 4.90 Å². The fourth-order valence-electron chi connectivity index (χ4n) is 9.15. The monoisotopic (exact) mass is 690 g/mol. The molecule has 2 heterocycles. The van der Waals surface area contributed by atoms with Crippen molar-refractivity contribution in [2.75, 3.05) is 11.9 Å². The van der Waals surface area contributed by atoms with Crippen molar-refractivity contribution >= 4 is 83.2 Å². The van der Waals surface area contributed by atoms with Crippen molar-refractivity contribution in [3.05, 3.63) is 137 Å². The normalized spacial score (nSPS) is 14.5. The molecule has 0 unspecified atom stereocenters. The standard InChI is InChI=1S/C47H34N2O4/c1-23(2)25-9-6-10-26(24(3)4)43(25)49-46(52)37-21-18-33-31-13-7-11-29-27(15-17-32(39(29)31)34-19-22-38(47(49)53)42(37)41(33)34)28-16-20-36-40-30(28)12-8-14-35(40)44(50)48(5)45(36)51/h6-24H,1-5H3. The molecule has 0 spiro atoms. The Kier molecular flexibility index (Phi) is 6.39. The predicted molar refractivity (Wildman–Crippen MR) is 213 cm³/mol. The maximum atomic E-state index is 14.6. The Morgan fingerprint density at radius 3 is 1.36 bits per heavy atom. The molecule has 2 aliphatic heterocycles. The summed E-state index contributed by atoms with van der Waals surface area (Å²) in [4.78, 5) is 58.2. The van der Waals surface area contributed by atoms with Crippen molar-refractivity contribution in [1.29, 1.82) is 0 Å². The molecule has 8 aromatic carbocycles. The van der Waals surface area contributed by atoms with Crippen molar-refractivity contribution in [3.63, 3.8) is 0 Å². The summed E-state index contributed by atoms with van der Waals surface area (Å²) in [6, 6.07) is 33.9. The molecular weight excluding hydrogens is 657 g/mol. The van der Waals surface area contributed by atoms with E-state index in [9.17, 15) is 19.2 Å². The van der Waals surface area contributed by atoms with Gasteiger partial charge in [-0.15, -0.1) is 0 Å². The van der Waals surface area contributed by atoms with E-state index in [0.29, 0.717) is 38.7 Å². The highest BCUT2D eigenvalue weighted by Gasteiger charge is 2.38. The van der Waals surface area contributed by atoms with E-state index in [1.165, 1.54) is 16.8 Å². The van der Waals surface area contributed by atoms with Crippen molar-refractivity contribution < 1.29 is 19.2 Å². The smallest absolute Gasteiger partial charge is 0.266 e. The molecule has 2 aliphatic rings. The van der Waals surface area contributed by atoms with Gasteiger partial charge in [-0.2, -0.15) is 0 Å². The van der Waals surface area contributed by atoms with Gasteiger partial charge in [0, 0.05) is 40.1 Å². The first-order valence-electron chi connectivity index (χ1n) is 18.1. The number of imide groups is 2. The average Bonchev–Trinajstić information content (AvgIpc) is 3.17. The molecular formula is C47H34N2O4. The number of benzene rings is 8. The fraction of sp³-hybridized carbons (Fsp3) is 0.149. The zero-order valence-electron chi connectivity index (χ0n) is 30.0. The largest absolute Gasteiger partial charge is 0.277 e. The quantitative estimate of drug-likeness (QED) is 0.105. The Balaban J connectivity index is 1.22. The zero-order valence-corrected chi connectivity index (χ0v) is 30.0. The minimum absolute atomic E-state index is 0.115. The van der Waals surface area contributed by atoms with Crippen LogP contribution in [0.3, 0.4) is 0 Å². The summed E-state index contributed by atoms with van der Waals surface area (Å²) < 4.78 is 0. The molecule has 0 aromatic heterocycles. The first-order chi connectivity index (χ1) is 25.6. The van der Waals surface area contributed by atoms with Gasteiger partial charge in [0.1, 0.15) is 0 Å². The van der Waals surface area contributed by atoms with Crippen LogP contribution in [0.15, 0.2) is 103 Å². The Morgan fingerprint density at radius 1 is 0.377 bits per heavy atom. The van der Waals surface area contributed by atoms with Crippen LogP contribution in [0, 0.1) is 0 Å². The Labute approximate surface area is 305 Å². The molecule has 0 saturated heterocycles. The number of hydrogen-bond donors (Lipinski definition) is 0. The Hall–Kier alpha value is -6.40. The molecule has 6 nitrogen and oxygen atoms in total. The molecule has 10 rings (SSSR count). The number of rotatable bonds is 4. The van der Waals surface area contributed by atoms with Crippen LogP contribution in [-0.2, 0) is 0 Å². The number of para-hydroxylation sites is 1. The van der Waals surface area contributed by atoms with Crippen LogP contribution in [0.5, 0.6) is 0 Å². The van der Waals surface area contributed by atoms with Crippen LogP contribution in [0.4, 0.5) is 5.69 Å². The highest BCUT2D eigenvalue weighted by atomic mass is 16.2. The van der Waals surface area contributed by atoms with Crippen molar-refractivity contribution in [3.8, 4) is 11.1 Å². The van der Waals surface area contributed by atoms with E-state index in [0.717, 1.165) is 65.3 Å². The molecule has 0 N–H and O–H groups in total. The molecule has 6 heteroatoms. The molecule has 53 heavy (non-hydrogen) atoms. The van der Waals surface area contributed by atoms with Gasteiger partial charge < -0.3 is 0 Å². The number of carbonyl (C=O) groups excluding carboxylic acids is 4. The summed E-state index contributed by atoms with van der Waals surface area (Å²) in [5.74, 6) is -0.974. The van der Waals surface area contributed by atoms with E-state index in [4.69, 9.17) is 0 Å². The molecule has 0 fully saturated rings. The molecule has 0 atom stereocenters. The van der Waals surface area contributed by atoms with Gasteiger partial charge in [-0.1, -0.05) is 107 Å². The second kappa shape index (κ2) is 10.8. The highest BCUT2D eigenvalue weighted by molar-refractivity contribution is 6.43. The zero-order chi connectivity index (χ0) is 36.6. The number of carbonyl (C=O) groups is 4.